The first kappa shape index (κ1) is 15.9. The summed E-state index contributed by atoms with van der Waals surface area (Å²) in [5.74, 6) is 0.121. The van der Waals surface area contributed by atoms with Gasteiger partial charge in [0, 0.05) is 27.6 Å². The average molecular weight is 359 g/mol. The smallest absolute Gasteiger partial charge is 0.264 e. The van der Waals surface area contributed by atoms with Crippen molar-refractivity contribution in [1.29, 1.82) is 0 Å². The van der Waals surface area contributed by atoms with Gasteiger partial charge in [0.1, 0.15) is 5.15 Å². The Morgan fingerprint density at radius 2 is 1.92 bits per heavy atom. The second kappa shape index (κ2) is 6.01. The van der Waals surface area contributed by atoms with Gasteiger partial charge in [0.15, 0.2) is 0 Å². The van der Waals surface area contributed by atoms with E-state index in [1.807, 2.05) is 35.2 Å². The summed E-state index contributed by atoms with van der Waals surface area (Å²) < 4.78 is 1.05. The minimum atomic E-state index is 0.121. The Kier molecular flexibility index (Phi) is 3.97. The number of amides is 1. The standard InChI is InChI=1S/C19H19ClN2OS/c1-11-6-5-7-12(2)22(11)19(23)16-10-14-17(24-16)13-8-3-4-9-15(13)21-18(14)20/h3-4,8-12H,5-7H2,1-2H3/t11-,12-/m1/s1. The van der Waals surface area contributed by atoms with Gasteiger partial charge >= 0.3 is 0 Å². The predicted octanol–water partition coefficient (Wildman–Crippen LogP) is 5.51. The highest BCUT2D eigenvalue weighted by Crippen LogP contribution is 2.37. The summed E-state index contributed by atoms with van der Waals surface area (Å²) in [4.78, 5) is 20.4. The molecule has 5 heteroatoms. The molecule has 2 aromatic heterocycles. The summed E-state index contributed by atoms with van der Waals surface area (Å²) >= 11 is 7.90. The van der Waals surface area contributed by atoms with Gasteiger partial charge in [-0.05, 0) is 45.2 Å². The predicted molar refractivity (Wildman–Crippen MR) is 101 cm³/mol. The fraction of sp³-hybridized carbons (Fsp3) is 0.368. The highest BCUT2D eigenvalue weighted by molar-refractivity contribution is 7.21. The molecule has 4 rings (SSSR count). The van der Waals surface area contributed by atoms with E-state index in [-0.39, 0.29) is 18.0 Å². The molecule has 3 heterocycles. The topological polar surface area (TPSA) is 33.2 Å². The lowest BCUT2D eigenvalue weighted by atomic mass is 9.97. The minimum absolute atomic E-state index is 0.121. The highest BCUT2D eigenvalue weighted by atomic mass is 35.5. The van der Waals surface area contributed by atoms with Gasteiger partial charge < -0.3 is 4.90 Å². The molecule has 1 aromatic carbocycles. The molecule has 3 nitrogen and oxygen atoms in total. The molecular formula is C19H19ClN2OS. The van der Waals surface area contributed by atoms with Crippen LogP contribution in [0.5, 0.6) is 0 Å². The molecule has 1 aliphatic heterocycles. The summed E-state index contributed by atoms with van der Waals surface area (Å²) in [6.07, 6.45) is 3.34. The van der Waals surface area contributed by atoms with Gasteiger partial charge in [-0.25, -0.2) is 4.98 Å². The van der Waals surface area contributed by atoms with Crippen LogP contribution in [0.3, 0.4) is 0 Å². The molecule has 1 saturated heterocycles. The van der Waals surface area contributed by atoms with E-state index in [4.69, 9.17) is 11.6 Å². The van der Waals surface area contributed by atoms with Crippen LogP contribution in [-0.4, -0.2) is 27.9 Å². The van der Waals surface area contributed by atoms with Crippen LogP contribution < -0.4 is 0 Å². The molecule has 1 fully saturated rings. The van der Waals surface area contributed by atoms with Crippen LogP contribution in [0.25, 0.3) is 21.0 Å². The van der Waals surface area contributed by atoms with Crippen molar-refractivity contribution >= 4 is 49.8 Å². The third-order valence-corrected chi connectivity index (χ3v) is 6.40. The monoisotopic (exact) mass is 358 g/mol. The number of halogens is 1. The lowest BCUT2D eigenvalue weighted by Gasteiger charge is -2.38. The van der Waals surface area contributed by atoms with Crippen LogP contribution in [0.15, 0.2) is 30.3 Å². The molecule has 124 valence electrons. The molecule has 0 N–H and O–H groups in total. The second-order valence-electron chi connectivity index (χ2n) is 6.61. The van der Waals surface area contributed by atoms with Crippen LogP contribution in [0.1, 0.15) is 42.8 Å². The van der Waals surface area contributed by atoms with Gasteiger partial charge in [-0.3, -0.25) is 4.79 Å². The number of aromatic nitrogens is 1. The van der Waals surface area contributed by atoms with Crippen molar-refractivity contribution in [2.24, 2.45) is 0 Å². The number of carbonyl (C=O) groups is 1. The first-order valence-electron chi connectivity index (χ1n) is 8.36. The van der Waals surface area contributed by atoms with E-state index in [0.29, 0.717) is 5.15 Å². The zero-order valence-corrected chi connectivity index (χ0v) is 15.3. The summed E-state index contributed by atoms with van der Waals surface area (Å²) in [6.45, 7) is 4.29. The molecule has 0 bridgehead atoms. The number of pyridine rings is 1. The van der Waals surface area contributed by atoms with Crippen molar-refractivity contribution in [3.05, 3.63) is 40.4 Å². The van der Waals surface area contributed by atoms with Crippen LogP contribution in [0.2, 0.25) is 5.15 Å². The zero-order chi connectivity index (χ0) is 16.8. The first-order chi connectivity index (χ1) is 11.6. The molecule has 3 aromatic rings. The molecule has 1 amide bonds. The van der Waals surface area contributed by atoms with E-state index in [1.54, 1.807) is 0 Å². The van der Waals surface area contributed by atoms with Gasteiger partial charge in [-0.1, -0.05) is 29.8 Å². The quantitative estimate of drug-likeness (QED) is 0.537. The molecular weight excluding hydrogens is 340 g/mol. The van der Waals surface area contributed by atoms with Crippen molar-refractivity contribution in [3.8, 4) is 0 Å². The number of piperidine rings is 1. The van der Waals surface area contributed by atoms with Gasteiger partial charge in [-0.2, -0.15) is 0 Å². The maximum atomic E-state index is 13.1. The third kappa shape index (κ3) is 2.49. The van der Waals surface area contributed by atoms with Crippen molar-refractivity contribution in [2.75, 3.05) is 0 Å². The van der Waals surface area contributed by atoms with Gasteiger partial charge in [0.05, 0.1) is 10.4 Å². The van der Waals surface area contributed by atoms with Gasteiger partial charge in [0.2, 0.25) is 0 Å². The highest BCUT2D eigenvalue weighted by Gasteiger charge is 2.30. The van der Waals surface area contributed by atoms with Crippen LogP contribution in [-0.2, 0) is 0 Å². The van der Waals surface area contributed by atoms with E-state index in [1.165, 1.54) is 17.8 Å². The van der Waals surface area contributed by atoms with Crippen LogP contribution >= 0.6 is 22.9 Å². The molecule has 0 saturated carbocycles. The largest absolute Gasteiger partial charge is 0.333 e. The Balaban J connectivity index is 1.84. The summed E-state index contributed by atoms with van der Waals surface area (Å²) in [7, 11) is 0. The van der Waals surface area contributed by atoms with E-state index in [2.05, 4.69) is 18.8 Å². The van der Waals surface area contributed by atoms with E-state index >= 15 is 0 Å². The van der Waals surface area contributed by atoms with Gasteiger partial charge in [-0.15, -0.1) is 11.3 Å². The minimum Gasteiger partial charge on any atom is -0.333 e. The fourth-order valence-electron chi connectivity index (χ4n) is 3.73. The van der Waals surface area contributed by atoms with Crippen LogP contribution in [0.4, 0.5) is 0 Å². The molecule has 0 radical (unpaired) electrons. The summed E-state index contributed by atoms with van der Waals surface area (Å²) in [6, 6.07) is 10.4. The van der Waals surface area contributed by atoms with Crippen LogP contribution in [0, 0.1) is 0 Å². The molecule has 0 unspecified atom stereocenters. The molecule has 2 atom stereocenters. The number of thiophene rings is 1. The average Bonchev–Trinajstić information content (AvgIpc) is 3.01. The Bertz CT molecular complexity index is 926. The fourth-order valence-corrected chi connectivity index (χ4v) is 5.16. The maximum Gasteiger partial charge on any atom is 0.264 e. The SMILES string of the molecule is C[C@@H]1CCC[C@@H](C)N1C(=O)c1cc2c(Cl)nc3ccccc3c2s1. The summed E-state index contributed by atoms with van der Waals surface area (Å²) in [5.41, 5.74) is 0.871. The lowest BCUT2D eigenvalue weighted by Crippen LogP contribution is -2.47. The maximum absolute atomic E-state index is 13.1. The van der Waals surface area contributed by atoms with Crippen molar-refractivity contribution < 1.29 is 4.79 Å². The number of rotatable bonds is 1. The number of para-hydroxylation sites is 1. The number of carbonyl (C=O) groups excluding carboxylic acids is 1. The molecule has 1 aliphatic rings. The number of benzene rings is 1. The van der Waals surface area contributed by atoms with Crippen molar-refractivity contribution in [1.82, 2.24) is 9.88 Å². The molecule has 0 spiro atoms. The number of hydrogen-bond acceptors (Lipinski definition) is 3. The zero-order valence-electron chi connectivity index (χ0n) is 13.8. The Labute approximate surface area is 150 Å². The van der Waals surface area contributed by atoms with Gasteiger partial charge in [0.25, 0.3) is 5.91 Å². The number of hydrogen-bond donors (Lipinski definition) is 0. The Morgan fingerprint density at radius 3 is 2.67 bits per heavy atom. The van der Waals surface area contributed by atoms with E-state index in [0.717, 1.165) is 38.7 Å². The Hall–Kier alpha value is -1.65. The summed E-state index contributed by atoms with van der Waals surface area (Å²) in [5, 5.41) is 2.40. The molecule has 24 heavy (non-hydrogen) atoms. The second-order valence-corrected chi connectivity index (χ2v) is 8.02. The number of nitrogens with zero attached hydrogens (tertiary/aromatic N) is 2. The first-order valence-corrected chi connectivity index (χ1v) is 9.56. The van der Waals surface area contributed by atoms with Crippen molar-refractivity contribution in [3.63, 3.8) is 0 Å². The lowest BCUT2D eigenvalue weighted by molar-refractivity contribution is 0.0516. The molecule has 0 aliphatic carbocycles. The number of likely N-dealkylation sites (tertiary alicyclic amines) is 1. The number of fused-ring (bicyclic) bond motifs is 3. The van der Waals surface area contributed by atoms with Crippen molar-refractivity contribution in [2.45, 2.75) is 45.2 Å². The third-order valence-electron chi connectivity index (χ3n) is 4.96. The van der Waals surface area contributed by atoms with E-state index in [9.17, 15) is 4.79 Å². The normalized spacial score (nSPS) is 21.5. The van der Waals surface area contributed by atoms with E-state index < -0.39 is 0 Å². The Morgan fingerprint density at radius 1 is 1.21 bits per heavy atom.